The van der Waals surface area contributed by atoms with E-state index in [1.165, 1.54) is 11.3 Å². The van der Waals surface area contributed by atoms with Crippen LogP contribution in [0.4, 0.5) is 5.95 Å². The molecule has 2 aromatic heterocycles. The van der Waals surface area contributed by atoms with Crippen LogP contribution in [0, 0.1) is 0 Å². The molecule has 4 aromatic rings. The molecular formula is C28H31N5O4S. The van der Waals surface area contributed by atoms with Gasteiger partial charge in [-0.25, -0.2) is 4.98 Å². The number of benzene rings is 2. The monoisotopic (exact) mass is 533 g/mol. The number of hydrogen-bond donors (Lipinski definition) is 1. The van der Waals surface area contributed by atoms with Crippen molar-refractivity contribution in [1.29, 1.82) is 0 Å². The van der Waals surface area contributed by atoms with Crippen LogP contribution >= 0.6 is 11.3 Å². The van der Waals surface area contributed by atoms with Crippen LogP contribution in [0.15, 0.2) is 72.2 Å². The third-order valence-electron chi connectivity index (χ3n) is 5.86. The van der Waals surface area contributed by atoms with E-state index in [0.717, 1.165) is 22.7 Å². The van der Waals surface area contributed by atoms with Crippen molar-refractivity contribution < 1.29 is 19.1 Å². The van der Waals surface area contributed by atoms with Crippen molar-refractivity contribution in [3.8, 4) is 28.4 Å². The summed E-state index contributed by atoms with van der Waals surface area (Å²) in [6.07, 6.45) is 1.86. The van der Waals surface area contributed by atoms with Crippen LogP contribution in [-0.4, -0.2) is 79.1 Å². The first-order valence-electron chi connectivity index (χ1n) is 12.0. The fraction of sp³-hybridized carbons (Fsp3) is 0.250. The molecular weight excluding hydrogens is 502 g/mol. The Morgan fingerprint density at radius 1 is 0.947 bits per heavy atom. The third kappa shape index (κ3) is 6.58. The predicted molar refractivity (Wildman–Crippen MR) is 150 cm³/mol. The van der Waals surface area contributed by atoms with Gasteiger partial charge >= 0.3 is 0 Å². The van der Waals surface area contributed by atoms with Gasteiger partial charge in [0.1, 0.15) is 18.0 Å². The summed E-state index contributed by atoms with van der Waals surface area (Å²) in [5.41, 5.74) is 2.35. The number of carbonyl (C=O) groups excluding carboxylic acids is 2. The summed E-state index contributed by atoms with van der Waals surface area (Å²) in [5.74, 6) is 1.30. The maximum atomic E-state index is 13.2. The largest absolute Gasteiger partial charge is 0.497 e. The highest BCUT2D eigenvalue weighted by molar-refractivity contribution is 7.12. The van der Waals surface area contributed by atoms with Crippen LogP contribution in [0.25, 0.3) is 16.9 Å². The quantitative estimate of drug-likeness (QED) is 0.310. The molecule has 0 fully saturated rings. The number of hydrogen-bond acceptors (Lipinski definition) is 7. The lowest BCUT2D eigenvalue weighted by Crippen LogP contribution is -2.41. The molecule has 0 spiro atoms. The molecule has 0 aliphatic rings. The molecule has 2 aromatic carbocycles. The molecule has 38 heavy (non-hydrogen) atoms. The molecule has 0 aliphatic carbocycles. The summed E-state index contributed by atoms with van der Waals surface area (Å²) in [6, 6.07) is 18.6. The van der Waals surface area contributed by atoms with E-state index < -0.39 is 0 Å². The molecule has 198 valence electrons. The van der Waals surface area contributed by atoms with E-state index in [1.54, 1.807) is 25.2 Å². The first kappa shape index (κ1) is 26.9. The first-order valence-corrected chi connectivity index (χ1v) is 12.9. The molecule has 9 nitrogen and oxygen atoms in total. The number of imidazole rings is 1. The maximum absolute atomic E-state index is 13.2. The highest BCUT2D eigenvalue weighted by Crippen LogP contribution is 2.27. The second kappa shape index (κ2) is 12.4. The van der Waals surface area contributed by atoms with Crippen molar-refractivity contribution >= 4 is 29.1 Å². The minimum absolute atomic E-state index is 0.0993. The number of anilines is 1. The molecule has 0 saturated heterocycles. The van der Waals surface area contributed by atoms with Gasteiger partial charge in [-0.1, -0.05) is 6.07 Å². The molecule has 4 rings (SSSR count). The van der Waals surface area contributed by atoms with E-state index in [-0.39, 0.29) is 18.4 Å². The van der Waals surface area contributed by atoms with E-state index in [1.807, 2.05) is 89.7 Å². The fourth-order valence-corrected chi connectivity index (χ4v) is 4.47. The lowest BCUT2D eigenvalue weighted by molar-refractivity contribution is -0.117. The molecule has 10 heteroatoms. The zero-order valence-corrected chi connectivity index (χ0v) is 22.7. The number of rotatable bonds is 11. The Labute approximate surface area is 226 Å². The lowest BCUT2D eigenvalue weighted by Gasteiger charge is -2.23. The van der Waals surface area contributed by atoms with Crippen LogP contribution in [-0.2, 0) is 4.79 Å². The van der Waals surface area contributed by atoms with E-state index >= 15 is 0 Å². The second-order valence-electron chi connectivity index (χ2n) is 8.80. The highest BCUT2D eigenvalue weighted by Gasteiger charge is 2.21. The van der Waals surface area contributed by atoms with Crippen molar-refractivity contribution in [3.63, 3.8) is 0 Å². The number of likely N-dealkylation sites (N-methyl/N-ethyl adjacent to an activating group) is 1. The Morgan fingerprint density at radius 2 is 1.61 bits per heavy atom. The minimum atomic E-state index is -0.338. The topological polar surface area (TPSA) is 88.9 Å². The summed E-state index contributed by atoms with van der Waals surface area (Å²) in [4.78, 5) is 35.2. The van der Waals surface area contributed by atoms with Gasteiger partial charge in [0, 0.05) is 30.5 Å². The molecule has 0 saturated carbocycles. The van der Waals surface area contributed by atoms with Gasteiger partial charge in [-0.05, 0) is 74.1 Å². The van der Waals surface area contributed by atoms with Crippen LogP contribution in [0.3, 0.4) is 0 Å². The van der Waals surface area contributed by atoms with Gasteiger partial charge in [0.15, 0.2) is 0 Å². The zero-order chi connectivity index (χ0) is 27.1. The number of carbonyl (C=O) groups is 2. The van der Waals surface area contributed by atoms with E-state index in [0.29, 0.717) is 29.6 Å². The number of methoxy groups -OCH3 is 2. The maximum Gasteiger partial charge on any atom is 0.264 e. The molecule has 0 aliphatic heterocycles. The Balaban J connectivity index is 1.61. The molecule has 2 amide bonds. The smallest absolute Gasteiger partial charge is 0.264 e. The van der Waals surface area contributed by atoms with E-state index in [4.69, 9.17) is 14.5 Å². The van der Waals surface area contributed by atoms with Crippen LogP contribution in [0.2, 0.25) is 0 Å². The molecule has 0 bridgehead atoms. The van der Waals surface area contributed by atoms with Crippen LogP contribution in [0.1, 0.15) is 9.67 Å². The number of ether oxygens (including phenoxy) is 2. The predicted octanol–water partition coefficient (Wildman–Crippen LogP) is 4.26. The minimum Gasteiger partial charge on any atom is -0.497 e. The number of aromatic nitrogens is 2. The first-order chi connectivity index (χ1) is 18.4. The summed E-state index contributed by atoms with van der Waals surface area (Å²) < 4.78 is 12.4. The normalized spacial score (nSPS) is 10.9. The number of amides is 2. The summed E-state index contributed by atoms with van der Waals surface area (Å²) in [7, 11) is 7.09. The Kier molecular flexibility index (Phi) is 8.77. The van der Waals surface area contributed by atoms with Gasteiger partial charge in [0.05, 0.1) is 24.8 Å². The zero-order valence-electron chi connectivity index (χ0n) is 21.9. The average molecular weight is 534 g/mol. The molecule has 1 N–H and O–H groups in total. The molecule has 0 unspecified atom stereocenters. The number of nitrogens with zero attached hydrogens (tertiary/aromatic N) is 4. The van der Waals surface area contributed by atoms with Crippen molar-refractivity contribution in [2.75, 3.05) is 53.3 Å². The number of thiophene rings is 1. The summed E-state index contributed by atoms with van der Waals surface area (Å²) in [5, 5.41) is 4.77. The fourth-order valence-electron chi connectivity index (χ4n) is 3.78. The van der Waals surface area contributed by atoms with E-state index in [2.05, 4.69) is 5.32 Å². The third-order valence-corrected chi connectivity index (χ3v) is 6.72. The van der Waals surface area contributed by atoms with Gasteiger partial charge in [-0.2, -0.15) is 0 Å². The average Bonchev–Trinajstić information content (AvgIpc) is 3.61. The van der Waals surface area contributed by atoms with Gasteiger partial charge in [0.2, 0.25) is 11.9 Å². The molecule has 0 atom stereocenters. The van der Waals surface area contributed by atoms with Crippen molar-refractivity contribution in [2.24, 2.45) is 0 Å². The second-order valence-corrected chi connectivity index (χ2v) is 9.75. The Bertz CT molecular complexity index is 1350. The van der Waals surface area contributed by atoms with Crippen molar-refractivity contribution in [3.05, 3.63) is 77.1 Å². The Morgan fingerprint density at radius 3 is 2.18 bits per heavy atom. The summed E-state index contributed by atoms with van der Waals surface area (Å²) >= 11 is 1.36. The van der Waals surface area contributed by atoms with Gasteiger partial charge in [-0.15, -0.1) is 11.3 Å². The summed E-state index contributed by atoms with van der Waals surface area (Å²) in [6.45, 7) is 0.950. The van der Waals surface area contributed by atoms with Crippen LogP contribution < -0.4 is 14.8 Å². The van der Waals surface area contributed by atoms with Crippen LogP contribution in [0.5, 0.6) is 11.5 Å². The van der Waals surface area contributed by atoms with Crippen molar-refractivity contribution in [2.45, 2.75) is 0 Å². The Hall–Kier alpha value is -4.15. The van der Waals surface area contributed by atoms with Gasteiger partial charge in [-0.3, -0.25) is 19.5 Å². The van der Waals surface area contributed by atoms with E-state index in [9.17, 15) is 9.59 Å². The lowest BCUT2D eigenvalue weighted by atomic mass is 10.1. The van der Waals surface area contributed by atoms with Gasteiger partial charge in [0.25, 0.3) is 5.91 Å². The number of nitrogens with one attached hydrogen (secondary N) is 1. The van der Waals surface area contributed by atoms with Gasteiger partial charge < -0.3 is 19.3 Å². The SMILES string of the molecule is COc1ccc(-c2cn(-c3ccc(OC)cc3)c(NC(=O)CN(CCN(C)C)C(=O)c3cccs3)n2)cc1. The molecule has 0 radical (unpaired) electrons. The highest BCUT2D eigenvalue weighted by atomic mass is 32.1. The molecule has 2 heterocycles. The van der Waals surface area contributed by atoms with Crippen molar-refractivity contribution in [1.82, 2.24) is 19.4 Å². The standard InChI is InChI=1S/C28H31N5O4S/c1-31(2)15-16-32(27(35)25-6-5-17-38-25)19-26(34)30-28-29-24(20-7-11-22(36-3)12-8-20)18-33(28)21-9-13-23(37-4)14-10-21/h5-14,17-18H,15-16,19H2,1-4H3,(H,29,30,34).